The molecule has 0 radical (unpaired) electrons. The standard InChI is InChI=1S/C6H13N3S2.ClH/c1-7(2)6-5-9(8(3)4)11-10-6;/h5H,1-4H3;1H. The number of hydrogen-bond acceptors (Lipinski definition) is 5. The third-order valence-corrected chi connectivity index (χ3v) is 3.75. The summed E-state index contributed by atoms with van der Waals surface area (Å²) in [6.45, 7) is 0. The second-order valence-electron chi connectivity index (χ2n) is 2.67. The first-order valence-corrected chi connectivity index (χ1v) is 5.42. The maximum atomic E-state index is 2.12. The monoisotopic (exact) mass is 227 g/mol. The van der Waals surface area contributed by atoms with Gasteiger partial charge in [-0.2, -0.15) is 0 Å². The Morgan fingerprint density at radius 3 is 2.08 bits per heavy atom. The highest BCUT2D eigenvalue weighted by atomic mass is 35.5. The van der Waals surface area contributed by atoms with E-state index in [2.05, 4.69) is 29.6 Å². The smallest absolute Gasteiger partial charge is 0.102 e. The fourth-order valence-electron chi connectivity index (χ4n) is 0.586. The maximum absolute atomic E-state index is 2.12. The van der Waals surface area contributed by atoms with Gasteiger partial charge >= 0.3 is 0 Å². The molecule has 0 aromatic carbocycles. The molecule has 6 heteroatoms. The van der Waals surface area contributed by atoms with Crippen molar-refractivity contribution < 1.29 is 0 Å². The topological polar surface area (TPSA) is 9.72 Å². The fourth-order valence-corrected chi connectivity index (χ4v) is 2.94. The van der Waals surface area contributed by atoms with Gasteiger partial charge in [-0.3, -0.25) is 0 Å². The van der Waals surface area contributed by atoms with Gasteiger partial charge in [0.1, 0.15) is 5.03 Å². The number of halogens is 1. The fraction of sp³-hybridized carbons (Fsp3) is 0.667. The highest BCUT2D eigenvalue weighted by molar-refractivity contribution is 8.77. The summed E-state index contributed by atoms with van der Waals surface area (Å²) in [5.74, 6) is 0. The highest BCUT2D eigenvalue weighted by Gasteiger charge is 2.16. The maximum Gasteiger partial charge on any atom is 0.102 e. The third-order valence-electron chi connectivity index (χ3n) is 1.25. The van der Waals surface area contributed by atoms with E-state index in [9.17, 15) is 0 Å². The van der Waals surface area contributed by atoms with Crippen molar-refractivity contribution in [1.82, 2.24) is 14.3 Å². The zero-order valence-electron chi connectivity index (χ0n) is 7.64. The van der Waals surface area contributed by atoms with Crippen molar-refractivity contribution in [1.29, 1.82) is 0 Å². The molecule has 0 atom stereocenters. The molecule has 1 aliphatic heterocycles. The van der Waals surface area contributed by atoms with E-state index in [1.807, 2.05) is 19.1 Å². The normalized spacial score (nSPS) is 16.1. The number of hydrazine groups is 1. The van der Waals surface area contributed by atoms with Crippen LogP contribution in [0.2, 0.25) is 0 Å². The molecule has 0 fully saturated rings. The van der Waals surface area contributed by atoms with E-state index >= 15 is 0 Å². The Bertz CT molecular complexity index is 172. The molecule has 0 aromatic rings. The van der Waals surface area contributed by atoms with Gasteiger partial charge in [-0.1, -0.05) is 0 Å². The predicted octanol–water partition coefficient (Wildman–Crippen LogP) is 1.86. The van der Waals surface area contributed by atoms with E-state index in [4.69, 9.17) is 0 Å². The minimum atomic E-state index is 0. The molecule has 0 spiro atoms. The Morgan fingerprint density at radius 2 is 1.83 bits per heavy atom. The van der Waals surface area contributed by atoms with Crippen LogP contribution in [0.4, 0.5) is 0 Å². The summed E-state index contributed by atoms with van der Waals surface area (Å²) < 4.78 is 2.10. The first-order chi connectivity index (χ1) is 5.11. The molecule has 0 saturated heterocycles. The lowest BCUT2D eigenvalue weighted by atomic mass is 10.8. The summed E-state index contributed by atoms with van der Waals surface area (Å²) in [6, 6.07) is 0. The van der Waals surface area contributed by atoms with E-state index in [0.717, 1.165) is 0 Å². The average Bonchev–Trinajstić information content (AvgIpc) is 2.33. The average molecular weight is 228 g/mol. The summed E-state index contributed by atoms with van der Waals surface area (Å²) >= 11 is 0. The van der Waals surface area contributed by atoms with Crippen molar-refractivity contribution >= 4 is 34.2 Å². The molecule has 0 aromatic heterocycles. The van der Waals surface area contributed by atoms with Crippen molar-refractivity contribution in [3.8, 4) is 0 Å². The SMILES string of the molecule is CN(C)C1=CN(N(C)C)SS1.Cl. The second kappa shape index (κ2) is 5.11. The molecule has 0 unspecified atom stereocenters. The van der Waals surface area contributed by atoms with Gasteiger partial charge < -0.3 is 4.90 Å². The molecule has 0 amide bonds. The molecule has 72 valence electrons. The Kier molecular flexibility index (Phi) is 5.24. The molecular weight excluding hydrogens is 214 g/mol. The van der Waals surface area contributed by atoms with E-state index in [-0.39, 0.29) is 12.4 Å². The summed E-state index contributed by atoms with van der Waals surface area (Å²) in [5, 5.41) is 3.33. The molecule has 0 N–H and O–H groups in total. The van der Waals surface area contributed by atoms with Crippen LogP contribution in [0.5, 0.6) is 0 Å². The molecule has 1 rings (SSSR count). The Hall–Kier alpha value is 0.290. The minimum Gasteiger partial charge on any atom is -0.371 e. The van der Waals surface area contributed by atoms with Crippen molar-refractivity contribution in [2.45, 2.75) is 0 Å². The summed E-state index contributed by atoms with van der Waals surface area (Å²) in [5.41, 5.74) is 0. The first kappa shape index (κ1) is 12.3. The summed E-state index contributed by atoms with van der Waals surface area (Å²) in [7, 11) is 11.7. The lowest BCUT2D eigenvalue weighted by Gasteiger charge is -2.19. The zero-order chi connectivity index (χ0) is 8.43. The second-order valence-corrected chi connectivity index (χ2v) is 4.72. The van der Waals surface area contributed by atoms with E-state index in [1.54, 1.807) is 21.8 Å². The van der Waals surface area contributed by atoms with Gasteiger partial charge in [0.25, 0.3) is 0 Å². The molecule has 1 heterocycles. The third kappa shape index (κ3) is 2.97. The van der Waals surface area contributed by atoms with Crippen molar-refractivity contribution in [3.63, 3.8) is 0 Å². The van der Waals surface area contributed by atoms with Crippen LogP contribution >= 0.6 is 34.2 Å². The van der Waals surface area contributed by atoms with Crippen LogP contribution in [-0.2, 0) is 0 Å². The quantitative estimate of drug-likeness (QED) is 0.525. The molecule has 0 saturated carbocycles. The highest BCUT2D eigenvalue weighted by Crippen LogP contribution is 2.41. The lowest BCUT2D eigenvalue weighted by molar-refractivity contribution is 0.204. The molecule has 0 aliphatic carbocycles. The lowest BCUT2D eigenvalue weighted by Crippen LogP contribution is -2.24. The molecule has 3 nitrogen and oxygen atoms in total. The number of rotatable bonds is 2. The Balaban J connectivity index is 0.00000121. The van der Waals surface area contributed by atoms with Gasteiger partial charge in [-0.05, 0) is 10.8 Å². The van der Waals surface area contributed by atoms with Crippen LogP contribution in [0.1, 0.15) is 0 Å². The summed E-state index contributed by atoms with van der Waals surface area (Å²) in [4.78, 5) is 2.11. The van der Waals surface area contributed by atoms with Gasteiger partial charge in [-0.15, -0.1) is 12.4 Å². The predicted molar refractivity (Wildman–Crippen MR) is 59.7 cm³/mol. The molecule has 1 aliphatic rings. The van der Waals surface area contributed by atoms with Crippen molar-refractivity contribution in [2.24, 2.45) is 0 Å². The molecule has 0 bridgehead atoms. The number of nitrogens with zero attached hydrogens (tertiary/aromatic N) is 3. The minimum absolute atomic E-state index is 0. The van der Waals surface area contributed by atoms with E-state index in [1.165, 1.54) is 5.03 Å². The first-order valence-electron chi connectivity index (χ1n) is 3.31. The van der Waals surface area contributed by atoms with Crippen LogP contribution in [0, 0.1) is 0 Å². The number of hydrogen-bond donors (Lipinski definition) is 0. The zero-order valence-corrected chi connectivity index (χ0v) is 10.1. The Morgan fingerprint density at radius 1 is 1.25 bits per heavy atom. The Labute approximate surface area is 88.1 Å². The van der Waals surface area contributed by atoms with E-state index in [0.29, 0.717) is 0 Å². The van der Waals surface area contributed by atoms with Crippen LogP contribution in [0.25, 0.3) is 0 Å². The van der Waals surface area contributed by atoms with Crippen LogP contribution in [0.3, 0.4) is 0 Å². The van der Waals surface area contributed by atoms with Gasteiger partial charge in [-0.25, -0.2) is 9.42 Å². The molecule has 12 heavy (non-hydrogen) atoms. The van der Waals surface area contributed by atoms with Gasteiger partial charge in [0.15, 0.2) is 0 Å². The van der Waals surface area contributed by atoms with Gasteiger partial charge in [0.2, 0.25) is 0 Å². The largest absolute Gasteiger partial charge is 0.371 e. The summed E-state index contributed by atoms with van der Waals surface area (Å²) in [6.07, 6.45) is 2.12. The van der Waals surface area contributed by atoms with Crippen molar-refractivity contribution in [2.75, 3.05) is 28.2 Å². The molecular formula is C6H14ClN3S2. The van der Waals surface area contributed by atoms with Crippen LogP contribution in [0.15, 0.2) is 11.2 Å². The van der Waals surface area contributed by atoms with Gasteiger partial charge in [0.05, 0.1) is 6.20 Å². The van der Waals surface area contributed by atoms with E-state index < -0.39 is 0 Å². The van der Waals surface area contributed by atoms with Crippen LogP contribution < -0.4 is 0 Å². The van der Waals surface area contributed by atoms with Crippen molar-refractivity contribution in [3.05, 3.63) is 11.2 Å². The van der Waals surface area contributed by atoms with Crippen LogP contribution in [-0.4, -0.2) is 42.5 Å². The van der Waals surface area contributed by atoms with Gasteiger partial charge in [0, 0.05) is 39.2 Å².